The molecule has 0 bridgehead atoms. The van der Waals surface area contributed by atoms with Gasteiger partial charge in [0.2, 0.25) is 0 Å². The molecule has 0 aromatic heterocycles. The van der Waals surface area contributed by atoms with Crippen LogP contribution >= 0.6 is 12.4 Å². The van der Waals surface area contributed by atoms with Crippen LogP contribution in [0.4, 0.5) is 5.69 Å². The van der Waals surface area contributed by atoms with Gasteiger partial charge in [0.05, 0.1) is 0 Å². The van der Waals surface area contributed by atoms with Gasteiger partial charge in [0.1, 0.15) is 0 Å². The minimum atomic E-state index is 0. The van der Waals surface area contributed by atoms with Crippen molar-refractivity contribution in [1.29, 1.82) is 0 Å². The third-order valence-electron chi connectivity index (χ3n) is 3.87. The third kappa shape index (κ3) is 3.44. The van der Waals surface area contributed by atoms with Crippen LogP contribution < -0.4 is 10.6 Å². The zero-order valence-electron chi connectivity index (χ0n) is 12.4. The van der Waals surface area contributed by atoms with E-state index >= 15 is 0 Å². The first-order chi connectivity index (χ1) is 9.02. The Morgan fingerprint density at radius 3 is 2.70 bits per heavy atom. The Balaban J connectivity index is 0.00000200. The second kappa shape index (κ2) is 6.95. The fraction of sp³-hybridized carbons (Fsp3) is 0.533. The lowest BCUT2D eigenvalue weighted by Gasteiger charge is -2.22. The van der Waals surface area contributed by atoms with Gasteiger partial charge in [-0.25, -0.2) is 0 Å². The van der Waals surface area contributed by atoms with Crippen molar-refractivity contribution in [2.45, 2.75) is 19.4 Å². The van der Waals surface area contributed by atoms with Crippen LogP contribution in [0.25, 0.3) is 0 Å². The van der Waals surface area contributed by atoms with Crippen molar-refractivity contribution in [3.8, 4) is 0 Å². The fourth-order valence-corrected chi connectivity index (χ4v) is 2.68. The Kier molecular flexibility index (Phi) is 5.84. The highest BCUT2D eigenvalue weighted by Crippen LogP contribution is 2.25. The van der Waals surface area contributed by atoms with E-state index in [2.05, 4.69) is 6.92 Å². The van der Waals surface area contributed by atoms with E-state index in [0.29, 0.717) is 12.5 Å². The summed E-state index contributed by atoms with van der Waals surface area (Å²) in [6.45, 7) is 3.54. The predicted molar refractivity (Wildman–Crippen MR) is 85.7 cm³/mol. The number of hydrogen-bond donors (Lipinski definition) is 1. The molecular weight excluding hydrogens is 274 g/mol. The van der Waals surface area contributed by atoms with Crippen molar-refractivity contribution < 1.29 is 4.79 Å². The Labute approximate surface area is 127 Å². The van der Waals surface area contributed by atoms with Crippen molar-refractivity contribution in [1.82, 2.24) is 4.90 Å². The second-order valence-electron chi connectivity index (χ2n) is 5.59. The Morgan fingerprint density at radius 2 is 2.15 bits per heavy atom. The first kappa shape index (κ1) is 16.8. The van der Waals surface area contributed by atoms with Crippen molar-refractivity contribution in [3.05, 3.63) is 29.8 Å². The molecule has 2 unspecified atom stereocenters. The molecule has 2 N–H and O–H groups in total. The molecule has 1 aliphatic heterocycles. The quantitative estimate of drug-likeness (QED) is 0.928. The number of carbonyl (C=O) groups is 1. The lowest BCUT2D eigenvalue weighted by Crippen LogP contribution is -2.34. The molecule has 0 aliphatic carbocycles. The molecule has 1 aliphatic rings. The normalized spacial score (nSPS) is 21.5. The number of rotatable bonds is 3. The summed E-state index contributed by atoms with van der Waals surface area (Å²) in [6, 6.07) is 8.06. The van der Waals surface area contributed by atoms with Gasteiger partial charge < -0.3 is 15.5 Å². The zero-order chi connectivity index (χ0) is 14.0. The topological polar surface area (TPSA) is 49.6 Å². The molecule has 1 aromatic rings. The lowest BCUT2D eigenvalue weighted by molar-refractivity contribution is 0.0743. The van der Waals surface area contributed by atoms with Crippen LogP contribution in [0.5, 0.6) is 0 Å². The Morgan fingerprint density at radius 1 is 1.45 bits per heavy atom. The van der Waals surface area contributed by atoms with E-state index in [9.17, 15) is 4.79 Å². The molecule has 1 heterocycles. The number of amides is 1. The van der Waals surface area contributed by atoms with Gasteiger partial charge in [-0.15, -0.1) is 12.4 Å². The van der Waals surface area contributed by atoms with E-state index in [1.165, 1.54) is 0 Å². The number of nitrogens with zero attached hydrogens (tertiary/aromatic N) is 2. The van der Waals surface area contributed by atoms with Crippen LogP contribution in [-0.4, -0.2) is 44.0 Å². The Hall–Kier alpha value is -1.26. The summed E-state index contributed by atoms with van der Waals surface area (Å²) in [7, 11) is 3.96. The summed E-state index contributed by atoms with van der Waals surface area (Å²) < 4.78 is 0. The number of likely N-dealkylation sites (tertiary alicyclic amines) is 1. The molecule has 1 fully saturated rings. The molecule has 112 valence electrons. The summed E-state index contributed by atoms with van der Waals surface area (Å²) in [5, 5.41) is 0. The summed E-state index contributed by atoms with van der Waals surface area (Å²) in [4.78, 5) is 16.5. The number of benzene rings is 1. The van der Waals surface area contributed by atoms with Gasteiger partial charge >= 0.3 is 0 Å². The van der Waals surface area contributed by atoms with Crippen LogP contribution in [0.2, 0.25) is 0 Å². The molecule has 4 nitrogen and oxygen atoms in total. The number of hydrogen-bond acceptors (Lipinski definition) is 3. The molecule has 5 heteroatoms. The molecule has 0 saturated carbocycles. The standard InChI is InChI=1S/C15H23N3O.ClH/c1-11-7-12(9-16)10-18(11)15(19)13-5-4-6-14(8-13)17(2)3;/h4-6,8,11-12H,7,9-10,16H2,1-3H3;1H. The minimum Gasteiger partial charge on any atom is -0.378 e. The second-order valence-corrected chi connectivity index (χ2v) is 5.59. The summed E-state index contributed by atoms with van der Waals surface area (Å²) >= 11 is 0. The molecule has 2 atom stereocenters. The van der Waals surface area contributed by atoms with E-state index < -0.39 is 0 Å². The highest BCUT2D eigenvalue weighted by Gasteiger charge is 2.32. The van der Waals surface area contributed by atoms with Gasteiger partial charge in [0, 0.05) is 37.9 Å². The monoisotopic (exact) mass is 297 g/mol. The van der Waals surface area contributed by atoms with Gasteiger partial charge in [0.15, 0.2) is 0 Å². The maximum atomic E-state index is 12.6. The fourth-order valence-electron chi connectivity index (χ4n) is 2.68. The van der Waals surface area contributed by atoms with E-state index in [1.807, 2.05) is 48.2 Å². The summed E-state index contributed by atoms with van der Waals surface area (Å²) in [5.41, 5.74) is 7.53. The number of carbonyl (C=O) groups excluding carboxylic acids is 1. The molecule has 0 spiro atoms. The predicted octanol–water partition coefficient (Wildman–Crippen LogP) is 1.98. The molecule has 2 rings (SSSR count). The SMILES string of the molecule is CC1CC(CN)CN1C(=O)c1cccc(N(C)C)c1.Cl. The lowest BCUT2D eigenvalue weighted by atomic mass is 10.1. The maximum Gasteiger partial charge on any atom is 0.254 e. The van der Waals surface area contributed by atoms with Crippen LogP contribution in [-0.2, 0) is 0 Å². The van der Waals surface area contributed by atoms with Crippen molar-refractivity contribution in [2.75, 3.05) is 32.1 Å². The first-order valence-electron chi connectivity index (χ1n) is 6.81. The molecule has 1 aromatic carbocycles. The maximum absolute atomic E-state index is 12.6. The van der Waals surface area contributed by atoms with Gasteiger partial charge in [-0.1, -0.05) is 6.07 Å². The van der Waals surface area contributed by atoms with Crippen LogP contribution in [0.1, 0.15) is 23.7 Å². The van der Waals surface area contributed by atoms with Gasteiger partial charge in [-0.3, -0.25) is 4.79 Å². The highest BCUT2D eigenvalue weighted by molar-refractivity contribution is 5.95. The first-order valence-corrected chi connectivity index (χ1v) is 6.81. The number of anilines is 1. The highest BCUT2D eigenvalue weighted by atomic mass is 35.5. The minimum absolute atomic E-state index is 0. The van der Waals surface area contributed by atoms with E-state index in [0.717, 1.165) is 24.2 Å². The summed E-state index contributed by atoms with van der Waals surface area (Å²) in [5.74, 6) is 0.558. The van der Waals surface area contributed by atoms with Gasteiger partial charge in [-0.2, -0.15) is 0 Å². The van der Waals surface area contributed by atoms with Crippen LogP contribution in [0, 0.1) is 5.92 Å². The number of nitrogens with two attached hydrogens (primary N) is 1. The average molecular weight is 298 g/mol. The Bertz CT molecular complexity index is 464. The van der Waals surface area contributed by atoms with Crippen molar-refractivity contribution >= 4 is 24.0 Å². The van der Waals surface area contributed by atoms with Crippen LogP contribution in [0.3, 0.4) is 0 Å². The van der Waals surface area contributed by atoms with Gasteiger partial charge in [0.25, 0.3) is 5.91 Å². The molecule has 20 heavy (non-hydrogen) atoms. The summed E-state index contributed by atoms with van der Waals surface area (Å²) in [6.07, 6.45) is 1.01. The third-order valence-corrected chi connectivity index (χ3v) is 3.87. The largest absolute Gasteiger partial charge is 0.378 e. The van der Waals surface area contributed by atoms with Crippen molar-refractivity contribution in [3.63, 3.8) is 0 Å². The van der Waals surface area contributed by atoms with Crippen LogP contribution in [0.15, 0.2) is 24.3 Å². The van der Waals surface area contributed by atoms with Crippen molar-refractivity contribution in [2.24, 2.45) is 11.7 Å². The van der Waals surface area contributed by atoms with E-state index in [1.54, 1.807) is 0 Å². The van der Waals surface area contributed by atoms with E-state index in [-0.39, 0.29) is 24.4 Å². The smallest absolute Gasteiger partial charge is 0.254 e. The molecular formula is C15H24ClN3O. The number of halogens is 1. The van der Waals surface area contributed by atoms with Gasteiger partial charge in [-0.05, 0) is 44.0 Å². The average Bonchev–Trinajstić information content (AvgIpc) is 2.79. The molecule has 1 saturated heterocycles. The molecule has 1 amide bonds. The zero-order valence-corrected chi connectivity index (χ0v) is 13.2. The molecule has 0 radical (unpaired) electrons. The van der Waals surface area contributed by atoms with E-state index in [4.69, 9.17) is 5.73 Å².